The van der Waals surface area contributed by atoms with Gasteiger partial charge in [0.15, 0.2) is 5.65 Å². The van der Waals surface area contributed by atoms with Crippen LogP contribution in [0.5, 0.6) is 0 Å². The smallest absolute Gasteiger partial charge is 0.343 e. The van der Waals surface area contributed by atoms with Crippen molar-refractivity contribution < 1.29 is 14.3 Å². The summed E-state index contributed by atoms with van der Waals surface area (Å²) in [5.41, 5.74) is 0.747. The molecule has 0 radical (unpaired) electrons. The van der Waals surface area contributed by atoms with Crippen molar-refractivity contribution in [3.05, 3.63) is 24.0 Å². The molecule has 1 fully saturated rings. The van der Waals surface area contributed by atoms with Crippen LogP contribution < -0.4 is 10.2 Å². The second-order valence-electron chi connectivity index (χ2n) is 4.60. The van der Waals surface area contributed by atoms with Crippen molar-refractivity contribution in [1.29, 1.82) is 0 Å². The van der Waals surface area contributed by atoms with Gasteiger partial charge in [-0.25, -0.2) is 14.3 Å². The summed E-state index contributed by atoms with van der Waals surface area (Å²) >= 11 is 0. The Morgan fingerprint density at radius 1 is 1.52 bits per heavy atom. The van der Waals surface area contributed by atoms with Gasteiger partial charge in [-0.3, -0.25) is 4.79 Å². The monoisotopic (exact) mass is 289 g/mol. The first kappa shape index (κ1) is 13.3. The molecule has 3 rings (SSSR count). The van der Waals surface area contributed by atoms with E-state index >= 15 is 0 Å². The highest BCUT2D eigenvalue weighted by Gasteiger charge is 2.20. The summed E-state index contributed by atoms with van der Waals surface area (Å²) in [7, 11) is 0. The molecule has 21 heavy (non-hydrogen) atoms. The molecule has 0 aromatic carbocycles. The van der Waals surface area contributed by atoms with Crippen LogP contribution in [0.25, 0.3) is 5.65 Å². The van der Waals surface area contributed by atoms with Crippen LogP contribution in [-0.4, -0.2) is 52.7 Å². The van der Waals surface area contributed by atoms with E-state index in [-0.39, 0.29) is 12.5 Å². The molecule has 3 heterocycles. The number of anilines is 1. The largest absolute Gasteiger partial charge is 0.462 e. The van der Waals surface area contributed by atoms with E-state index in [4.69, 9.17) is 4.74 Å². The fourth-order valence-electron chi connectivity index (χ4n) is 2.22. The molecule has 0 spiro atoms. The van der Waals surface area contributed by atoms with Crippen LogP contribution in [0.15, 0.2) is 18.5 Å². The molecule has 1 aliphatic rings. The molecule has 1 aliphatic heterocycles. The zero-order valence-corrected chi connectivity index (χ0v) is 11.6. The highest BCUT2D eigenvalue weighted by atomic mass is 16.5. The van der Waals surface area contributed by atoms with Crippen molar-refractivity contribution in [2.45, 2.75) is 6.92 Å². The Hall–Kier alpha value is -2.64. The SMILES string of the molecule is CCOC(=O)c1cnn2ccc(N3CCNC(=O)C3)nc12. The zero-order chi connectivity index (χ0) is 14.8. The maximum Gasteiger partial charge on any atom is 0.343 e. The summed E-state index contributed by atoms with van der Waals surface area (Å²) in [5, 5.41) is 6.84. The summed E-state index contributed by atoms with van der Waals surface area (Å²) < 4.78 is 6.50. The number of aromatic nitrogens is 3. The van der Waals surface area contributed by atoms with Gasteiger partial charge in [-0.05, 0) is 13.0 Å². The van der Waals surface area contributed by atoms with Gasteiger partial charge < -0.3 is 15.0 Å². The van der Waals surface area contributed by atoms with E-state index < -0.39 is 5.97 Å². The van der Waals surface area contributed by atoms with Gasteiger partial charge in [-0.15, -0.1) is 0 Å². The van der Waals surface area contributed by atoms with Crippen LogP contribution >= 0.6 is 0 Å². The van der Waals surface area contributed by atoms with Crippen molar-refractivity contribution in [1.82, 2.24) is 19.9 Å². The molecule has 2 aromatic rings. The number of ether oxygens (including phenoxy) is 1. The van der Waals surface area contributed by atoms with Crippen molar-refractivity contribution in [2.24, 2.45) is 0 Å². The number of nitrogens with one attached hydrogen (secondary N) is 1. The number of esters is 1. The van der Waals surface area contributed by atoms with Gasteiger partial charge in [0, 0.05) is 19.3 Å². The summed E-state index contributed by atoms with van der Waals surface area (Å²) in [5.74, 6) is 0.152. The van der Waals surface area contributed by atoms with E-state index in [1.54, 1.807) is 19.2 Å². The number of rotatable bonds is 3. The van der Waals surface area contributed by atoms with Gasteiger partial charge in [0.1, 0.15) is 11.4 Å². The maximum absolute atomic E-state index is 11.9. The zero-order valence-electron chi connectivity index (χ0n) is 11.6. The lowest BCUT2D eigenvalue weighted by molar-refractivity contribution is -0.120. The number of fused-ring (bicyclic) bond motifs is 1. The molecule has 2 aromatic heterocycles. The predicted molar refractivity (Wildman–Crippen MR) is 74.2 cm³/mol. The van der Waals surface area contributed by atoms with E-state index in [2.05, 4.69) is 15.4 Å². The third kappa shape index (κ3) is 2.51. The Morgan fingerprint density at radius 2 is 2.38 bits per heavy atom. The average Bonchev–Trinajstić information content (AvgIpc) is 2.90. The highest BCUT2D eigenvalue weighted by molar-refractivity contribution is 5.95. The maximum atomic E-state index is 11.9. The van der Waals surface area contributed by atoms with E-state index in [0.29, 0.717) is 36.7 Å². The van der Waals surface area contributed by atoms with Crippen molar-refractivity contribution >= 4 is 23.3 Å². The first-order chi connectivity index (χ1) is 10.2. The Kier molecular flexibility index (Phi) is 3.43. The normalized spacial score (nSPS) is 15.1. The van der Waals surface area contributed by atoms with Crippen LogP contribution in [0.4, 0.5) is 5.82 Å². The number of carbonyl (C=O) groups excluding carboxylic acids is 2. The first-order valence-corrected chi connectivity index (χ1v) is 6.72. The third-order valence-corrected chi connectivity index (χ3v) is 3.21. The lowest BCUT2D eigenvalue weighted by Gasteiger charge is -2.27. The number of hydrogen-bond donors (Lipinski definition) is 1. The molecule has 1 saturated heterocycles. The Morgan fingerprint density at radius 3 is 3.14 bits per heavy atom. The van der Waals surface area contributed by atoms with Crippen LogP contribution in [0, 0.1) is 0 Å². The van der Waals surface area contributed by atoms with E-state index in [0.717, 1.165) is 0 Å². The minimum atomic E-state index is -0.450. The Bertz CT molecular complexity index is 696. The minimum Gasteiger partial charge on any atom is -0.462 e. The van der Waals surface area contributed by atoms with Crippen LogP contribution in [0.2, 0.25) is 0 Å². The number of hydrogen-bond acceptors (Lipinski definition) is 6. The average molecular weight is 289 g/mol. The molecule has 1 amide bonds. The molecular weight excluding hydrogens is 274 g/mol. The van der Waals surface area contributed by atoms with Gasteiger partial charge in [0.05, 0.1) is 19.3 Å². The molecular formula is C13H15N5O3. The second-order valence-corrected chi connectivity index (χ2v) is 4.60. The van der Waals surface area contributed by atoms with Crippen molar-refractivity contribution in [3.8, 4) is 0 Å². The van der Waals surface area contributed by atoms with Gasteiger partial charge in [0.25, 0.3) is 0 Å². The van der Waals surface area contributed by atoms with Crippen molar-refractivity contribution in [3.63, 3.8) is 0 Å². The van der Waals surface area contributed by atoms with Gasteiger partial charge >= 0.3 is 5.97 Å². The summed E-state index contributed by atoms with van der Waals surface area (Å²) in [6.45, 7) is 3.55. The molecule has 0 atom stereocenters. The van der Waals surface area contributed by atoms with Crippen molar-refractivity contribution in [2.75, 3.05) is 31.1 Å². The summed E-state index contributed by atoms with van der Waals surface area (Å²) in [4.78, 5) is 29.6. The Balaban J connectivity index is 1.96. The molecule has 0 aliphatic carbocycles. The van der Waals surface area contributed by atoms with E-state index in [1.165, 1.54) is 10.7 Å². The van der Waals surface area contributed by atoms with Crippen LogP contribution in [-0.2, 0) is 9.53 Å². The van der Waals surface area contributed by atoms with Gasteiger partial charge in [0.2, 0.25) is 5.91 Å². The number of carbonyl (C=O) groups is 2. The third-order valence-electron chi connectivity index (χ3n) is 3.21. The number of amides is 1. The predicted octanol–water partition coefficient (Wildman–Crippen LogP) is -0.158. The first-order valence-electron chi connectivity index (χ1n) is 6.72. The lowest BCUT2D eigenvalue weighted by atomic mass is 10.3. The fraction of sp³-hybridized carbons (Fsp3) is 0.385. The fourth-order valence-corrected chi connectivity index (χ4v) is 2.22. The summed E-state index contributed by atoms with van der Waals surface area (Å²) in [6.07, 6.45) is 3.15. The van der Waals surface area contributed by atoms with E-state index in [1.807, 2.05) is 4.90 Å². The van der Waals surface area contributed by atoms with Gasteiger partial charge in [-0.2, -0.15) is 5.10 Å². The lowest BCUT2D eigenvalue weighted by Crippen LogP contribution is -2.48. The van der Waals surface area contributed by atoms with Gasteiger partial charge in [-0.1, -0.05) is 0 Å². The van der Waals surface area contributed by atoms with Crippen LogP contribution in [0.1, 0.15) is 17.3 Å². The molecule has 8 nitrogen and oxygen atoms in total. The molecule has 0 saturated carbocycles. The molecule has 0 bridgehead atoms. The van der Waals surface area contributed by atoms with Crippen LogP contribution in [0.3, 0.4) is 0 Å². The number of nitrogens with zero attached hydrogens (tertiary/aromatic N) is 4. The number of piperazine rings is 1. The Labute approximate surface area is 120 Å². The standard InChI is InChI=1S/C13H15N5O3/c1-2-21-13(20)9-7-15-18-5-3-10(16-12(9)18)17-6-4-14-11(19)8-17/h3,5,7H,2,4,6,8H2,1H3,(H,14,19). The molecule has 110 valence electrons. The highest BCUT2D eigenvalue weighted by Crippen LogP contribution is 2.16. The summed E-state index contributed by atoms with van der Waals surface area (Å²) in [6, 6.07) is 1.77. The minimum absolute atomic E-state index is 0.0398. The topological polar surface area (TPSA) is 88.8 Å². The molecule has 0 unspecified atom stereocenters. The second kappa shape index (κ2) is 5.39. The molecule has 1 N–H and O–H groups in total. The molecule has 8 heteroatoms. The van der Waals surface area contributed by atoms with E-state index in [9.17, 15) is 9.59 Å². The quantitative estimate of drug-likeness (QED) is 0.790.